The van der Waals surface area contributed by atoms with Gasteiger partial charge in [-0.05, 0) is 0 Å². The van der Waals surface area contributed by atoms with Crippen LogP contribution >= 0.6 is 11.6 Å². The van der Waals surface area contributed by atoms with E-state index in [4.69, 9.17) is 11.6 Å². The van der Waals surface area contributed by atoms with E-state index in [-0.39, 0.29) is 0 Å². The van der Waals surface area contributed by atoms with E-state index in [1.165, 1.54) is 0 Å². The van der Waals surface area contributed by atoms with Gasteiger partial charge in [0.15, 0.2) is 5.60 Å². The number of hydrogen-bond donors (Lipinski definition) is 0. The first-order chi connectivity index (χ1) is 6.68. The Hall–Kier alpha value is -0.0500. The first kappa shape index (κ1) is 13.0. The van der Waals surface area contributed by atoms with Gasteiger partial charge in [0.05, 0.1) is 13.1 Å². The van der Waals surface area contributed by atoms with Crippen molar-refractivity contribution in [3.8, 4) is 0 Å². The van der Waals surface area contributed by atoms with Crippen LogP contribution < -0.4 is 0 Å². The summed E-state index contributed by atoms with van der Waals surface area (Å²) in [6, 6.07) is 0. The zero-order chi connectivity index (χ0) is 11.9. The Labute approximate surface area is 90.0 Å². The van der Waals surface area contributed by atoms with Crippen LogP contribution in [0.3, 0.4) is 0 Å². The topological polar surface area (TPSA) is 46.6 Å². The molecule has 0 atom stereocenters. The predicted molar refractivity (Wildman–Crippen MR) is 47.0 cm³/mol. The van der Waals surface area contributed by atoms with E-state index in [9.17, 15) is 21.6 Å². The second-order valence-electron chi connectivity index (χ2n) is 3.19. The zero-order valence-corrected chi connectivity index (χ0v) is 9.29. The van der Waals surface area contributed by atoms with Gasteiger partial charge < -0.3 is 4.74 Å². The summed E-state index contributed by atoms with van der Waals surface area (Å²) in [5.41, 5.74) is -2.38. The van der Waals surface area contributed by atoms with Crippen LogP contribution in [0.2, 0.25) is 0 Å². The lowest BCUT2D eigenvalue weighted by atomic mass is 9.96. The third kappa shape index (κ3) is 2.08. The summed E-state index contributed by atoms with van der Waals surface area (Å²) in [6.45, 7) is -1.47. The van der Waals surface area contributed by atoms with Gasteiger partial charge in [-0.25, -0.2) is 8.42 Å². The highest BCUT2D eigenvalue weighted by molar-refractivity contribution is 7.90. The molecule has 0 aromatic heterocycles. The molecule has 1 heterocycles. The van der Waals surface area contributed by atoms with Crippen molar-refractivity contribution in [1.82, 2.24) is 4.31 Å². The Kier molecular flexibility index (Phi) is 3.26. The monoisotopic (exact) mass is 267 g/mol. The third-order valence-corrected chi connectivity index (χ3v) is 4.45. The van der Waals surface area contributed by atoms with Crippen molar-refractivity contribution in [1.29, 1.82) is 0 Å². The average molecular weight is 268 g/mol. The molecule has 0 aromatic carbocycles. The summed E-state index contributed by atoms with van der Waals surface area (Å²) in [7, 11) is -2.88. The Morgan fingerprint density at radius 1 is 1.47 bits per heavy atom. The molecule has 1 aliphatic heterocycles. The van der Waals surface area contributed by atoms with Crippen LogP contribution in [-0.4, -0.2) is 49.9 Å². The first-order valence-corrected chi connectivity index (χ1v) is 5.98. The van der Waals surface area contributed by atoms with E-state index in [1.807, 2.05) is 0 Å². The molecule has 4 nitrogen and oxygen atoms in total. The van der Waals surface area contributed by atoms with Gasteiger partial charge in [-0.2, -0.15) is 17.5 Å². The molecule has 1 saturated heterocycles. The summed E-state index contributed by atoms with van der Waals surface area (Å²) in [5, 5.41) is -0.731. The lowest BCUT2D eigenvalue weighted by Crippen LogP contribution is -2.71. The summed E-state index contributed by atoms with van der Waals surface area (Å²) < 4.78 is 64.5. The minimum atomic E-state index is -4.58. The molecule has 0 N–H and O–H groups in total. The van der Waals surface area contributed by atoms with Gasteiger partial charge >= 0.3 is 6.18 Å². The molecular formula is C6H9ClF3NO3S. The minimum absolute atomic E-state index is 0.650. The van der Waals surface area contributed by atoms with Gasteiger partial charge in [0.2, 0.25) is 10.0 Å². The lowest BCUT2D eigenvalue weighted by Gasteiger charge is -2.48. The largest absolute Gasteiger partial charge is 0.420 e. The van der Waals surface area contributed by atoms with Crippen molar-refractivity contribution >= 4 is 21.6 Å². The van der Waals surface area contributed by atoms with Crippen LogP contribution in [0.4, 0.5) is 13.2 Å². The van der Waals surface area contributed by atoms with E-state index in [0.717, 1.165) is 7.11 Å². The number of halogens is 4. The van der Waals surface area contributed by atoms with Gasteiger partial charge in [0.1, 0.15) is 5.21 Å². The van der Waals surface area contributed by atoms with Crippen LogP contribution in [0.1, 0.15) is 0 Å². The van der Waals surface area contributed by atoms with Crippen LogP contribution in [0.15, 0.2) is 0 Å². The summed E-state index contributed by atoms with van der Waals surface area (Å²) in [6.07, 6.45) is -4.58. The number of alkyl halides is 4. The lowest BCUT2D eigenvalue weighted by molar-refractivity contribution is -0.299. The van der Waals surface area contributed by atoms with E-state index in [0.29, 0.717) is 4.31 Å². The Bertz CT molecular complexity index is 336. The molecule has 0 unspecified atom stereocenters. The average Bonchev–Trinajstić information content (AvgIpc) is 2.00. The highest BCUT2D eigenvalue weighted by Gasteiger charge is 2.64. The zero-order valence-electron chi connectivity index (χ0n) is 7.71. The van der Waals surface area contributed by atoms with Crippen molar-refractivity contribution in [3.63, 3.8) is 0 Å². The number of sulfonamides is 1. The van der Waals surface area contributed by atoms with Crippen molar-refractivity contribution in [3.05, 3.63) is 0 Å². The van der Waals surface area contributed by atoms with E-state index < -0.39 is 40.1 Å². The fraction of sp³-hybridized carbons (Fsp3) is 1.00. The number of rotatable bonds is 3. The van der Waals surface area contributed by atoms with Gasteiger partial charge in [-0.1, -0.05) is 0 Å². The van der Waals surface area contributed by atoms with Gasteiger partial charge in [0, 0.05) is 7.11 Å². The molecule has 1 rings (SSSR count). The Morgan fingerprint density at radius 3 is 2.20 bits per heavy atom. The Balaban J connectivity index is 2.77. The number of methoxy groups -OCH3 is 1. The number of nitrogens with zero attached hydrogens (tertiary/aromatic N) is 1. The fourth-order valence-corrected chi connectivity index (χ4v) is 2.58. The van der Waals surface area contributed by atoms with Gasteiger partial charge in [0.25, 0.3) is 0 Å². The molecule has 1 fully saturated rings. The second-order valence-corrected chi connectivity index (χ2v) is 5.74. The minimum Gasteiger partial charge on any atom is -0.366 e. The molecular weight excluding hydrogens is 259 g/mol. The maximum Gasteiger partial charge on any atom is 0.420 e. The van der Waals surface area contributed by atoms with Crippen molar-refractivity contribution in [2.45, 2.75) is 11.8 Å². The van der Waals surface area contributed by atoms with E-state index >= 15 is 0 Å². The van der Waals surface area contributed by atoms with Crippen molar-refractivity contribution < 1.29 is 26.3 Å². The third-order valence-electron chi connectivity index (χ3n) is 2.30. The molecule has 0 aromatic rings. The van der Waals surface area contributed by atoms with Crippen molar-refractivity contribution in [2.75, 3.05) is 25.4 Å². The molecule has 0 spiro atoms. The molecule has 0 aliphatic carbocycles. The number of ether oxygens (including phenoxy) is 1. The molecule has 9 heteroatoms. The quantitative estimate of drug-likeness (QED) is 0.710. The Morgan fingerprint density at radius 2 is 1.93 bits per heavy atom. The normalized spacial score (nSPS) is 22.5. The first-order valence-electron chi connectivity index (χ1n) is 3.84. The maximum absolute atomic E-state index is 12.4. The molecule has 15 heavy (non-hydrogen) atoms. The smallest absolute Gasteiger partial charge is 0.366 e. The van der Waals surface area contributed by atoms with Crippen LogP contribution in [0.25, 0.3) is 0 Å². The van der Waals surface area contributed by atoms with Crippen LogP contribution in [-0.2, 0) is 14.8 Å². The molecule has 0 radical (unpaired) electrons. The van der Waals surface area contributed by atoms with E-state index in [1.54, 1.807) is 0 Å². The van der Waals surface area contributed by atoms with Gasteiger partial charge in [-0.15, -0.1) is 11.6 Å². The highest BCUT2D eigenvalue weighted by atomic mass is 35.5. The van der Waals surface area contributed by atoms with Crippen LogP contribution in [0.5, 0.6) is 0 Å². The SMILES string of the molecule is COC1(C(F)(F)F)CN(S(=O)(=O)CCl)C1. The standard InChI is InChI=1S/C6H9ClF3NO3S/c1-14-5(6(8,9)10)2-11(3-5)15(12,13)4-7/h2-4H2,1H3. The molecule has 0 amide bonds. The van der Waals surface area contributed by atoms with E-state index in [2.05, 4.69) is 4.74 Å². The molecule has 90 valence electrons. The molecule has 0 saturated carbocycles. The predicted octanol–water partition coefficient (Wildman–Crippen LogP) is 0.776. The molecule has 1 aliphatic rings. The number of hydrogen-bond acceptors (Lipinski definition) is 3. The second kappa shape index (κ2) is 3.76. The van der Waals surface area contributed by atoms with Crippen molar-refractivity contribution in [2.24, 2.45) is 0 Å². The highest BCUT2D eigenvalue weighted by Crippen LogP contribution is 2.41. The van der Waals surface area contributed by atoms with Crippen LogP contribution in [0, 0.1) is 0 Å². The van der Waals surface area contributed by atoms with Gasteiger partial charge in [-0.3, -0.25) is 0 Å². The summed E-state index contributed by atoms with van der Waals surface area (Å²) >= 11 is 5.10. The fourth-order valence-electron chi connectivity index (χ4n) is 1.21. The summed E-state index contributed by atoms with van der Waals surface area (Å²) in [4.78, 5) is 0. The summed E-state index contributed by atoms with van der Waals surface area (Å²) in [5.74, 6) is 0. The molecule has 0 bridgehead atoms. The maximum atomic E-state index is 12.4.